The number of carbonyl (C=O) groups is 1. The SMILES string of the molecule is CC(C)(C)OC(=O)NC1=NC(c2cc(Br)cnc2F)C=CS1. The van der Waals surface area contributed by atoms with E-state index in [9.17, 15) is 9.18 Å². The quantitative estimate of drug-likeness (QED) is 0.734. The number of halogens is 2. The van der Waals surface area contributed by atoms with Gasteiger partial charge in [0.05, 0.1) is 0 Å². The fraction of sp³-hybridized carbons (Fsp3) is 0.357. The molecule has 0 radical (unpaired) electrons. The van der Waals surface area contributed by atoms with Gasteiger partial charge in [-0.05, 0) is 54.3 Å². The van der Waals surface area contributed by atoms with Crippen molar-refractivity contribution in [1.29, 1.82) is 0 Å². The monoisotopic (exact) mass is 387 g/mol. The van der Waals surface area contributed by atoms with Gasteiger partial charge in [-0.2, -0.15) is 4.39 Å². The lowest BCUT2D eigenvalue weighted by molar-refractivity contribution is 0.0564. The van der Waals surface area contributed by atoms with Gasteiger partial charge in [-0.3, -0.25) is 5.32 Å². The number of nitrogens with zero attached hydrogens (tertiary/aromatic N) is 2. The van der Waals surface area contributed by atoms with Crippen molar-refractivity contribution < 1.29 is 13.9 Å². The van der Waals surface area contributed by atoms with Crippen LogP contribution in [0.2, 0.25) is 0 Å². The molecule has 118 valence electrons. The molecule has 1 N–H and O–H groups in total. The number of amides is 1. The third kappa shape index (κ3) is 4.81. The highest BCUT2D eigenvalue weighted by Crippen LogP contribution is 2.29. The van der Waals surface area contributed by atoms with E-state index in [0.717, 1.165) is 0 Å². The number of hydrogen-bond donors (Lipinski definition) is 1. The third-order valence-electron chi connectivity index (χ3n) is 2.46. The van der Waals surface area contributed by atoms with Crippen LogP contribution in [-0.2, 0) is 4.74 Å². The maximum Gasteiger partial charge on any atom is 0.413 e. The molecule has 1 amide bonds. The summed E-state index contributed by atoms with van der Waals surface area (Å²) in [6.45, 7) is 5.31. The van der Waals surface area contributed by atoms with Crippen molar-refractivity contribution in [1.82, 2.24) is 10.3 Å². The molecule has 0 aromatic carbocycles. The van der Waals surface area contributed by atoms with Crippen LogP contribution in [0.25, 0.3) is 0 Å². The number of aromatic nitrogens is 1. The number of rotatable bonds is 1. The van der Waals surface area contributed by atoms with Gasteiger partial charge >= 0.3 is 6.09 Å². The van der Waals surface area contributed by atoms with E-state index in [1.807, 2.05) is 0 Å². The molecule has 5 nitrogen and oxygen atoms in total. The molecule has 1 aromatic heterocycles. The number of amidine groups is 1. The third-order valence-corrected chi connectivity index (χ3v) is 3.61. The van der Waals surface area contributed by atoms with Gasteiger partial charge in [-0.25, -0.2) is 14.8 Å². The second kappa shape index (κ2) is 6.78. The van der Waals surface area contributed by atoms with Crippen LogP contribution in [0.5, 0.6) is 0 Å². The van der Waals surface area contributed by atoms with Crippen molar-refractivity contribution >= 4 is 39.0 Å². The minimum Gasteiger partial charge on any atom is -0.444 e. The number of carbonyl (C=O) groups excluding carboxylic acids is 1. The molecule has 1 aromatic rings. The first-order chi connectivity index (χ1) is 10.2. The molecule has 0 saturated heterocycles. The lowest BCUT2D eigenvalue weighted by atomic mass is 10.1. The Labute approximate surface area is 140 Å². The van der Waals surface area contributed by atoms with Crippen LogP contribution in [0, 0.1) is 5.95 Å². The maximum absolute atomic E-state index is 13.8. The Bertz CT molecular complexity index is 643. The van der Waals surface area contributed by atoms with E-state index in [4.69, 9.17) is 4.74 Å². The summed E-state index contributed by atoms with van der Waals surface area (Å²) in [6.07, 6.45) is 2.52. The lowest BCUT2D eigenvalue weighted by Gasteiger charge is -2.21. The molecule has 2 rings (SSSR count). The van der Waals surface area contributed by atoms with Crippen LogP contribution < -0.4 is 5.32 Å². The second-order valence-electron chi connectivity index (χ2n) is 5.49. The van der Waals surface area contributed by atoms with Crippen LogP contribution in [0.3, 0.4) is 0 Å². The van der Waals surface area contributed by atoms with Crippen molar-refractivity contribution in [2.45, 2.75) is 32.4 Å². The van der Waals surface area contributed by atoms with Gasteiger partial charge in [0, 0.05) is 16.2 Å². The minimum atomic E-state index is -0.598. The topological polar surface area (TPSA) is 63.6 Å². The molecule has 22 heavy (non-hydrogen) atoms. The Morgan fingerprint density at radius 2 is 2.23 bits per heavy atom. The first kappa shape index (κ1) is 17.0. The fourth-order valence-electron chi connectivity index (χ4n) is 1.65. The molecule has 1 aliphatic heterocycles. The van der Waals surface area contributed by atoms with E-state index in [1.165, 1.54) is 18.0 Å². The van der Waals surface area contributed by atoms with Crippen LogP contribution in [-0.4, -0.2) is 21.8 Å². The Morgan fingerprint density at radius 3 is 2.91 bits per heavy atom. The predicted molar refractivity (Wildman–Crippen MR) is 88.2 cm³/mol. The summed E-state index contributed by atoms with van der Waals surface area (Å²) in [5.74, 6) is -0.592. The summed E-state index contributed by atoms with van der Waals surface area (Å²) in [6, 6.07) is 1.07. The van der Waals surface area contributed by atoms with Crippen molar-refractivity contribution in [2.75, 3.05) is 0 Å². The number of nitrogens with one attached hydrogen (secondary N) is 1. The molecule has 8 heteroatoms. The van der Waals surface area contributed by atoms with Crippen molar-refractivity contribution in [3.8, 4) is 0 Å². The van der Waals surface area contributed by atoms with Gasteiger partial charge in [0.2, 0.25) is 5.95 Å². The molecule has 2 heterocycles. The molecule has 0 spiro atoms. The smallest absolute Gasteiger partial charge is 0.413 e. The zero-order chi connectivity index (χ0) is 16.3. The number of aliphatic imine (C=N–C) groups is 1. The summed E-state index contributed by atoms with van der Waals surface area (Å²) < 4.78 is 19.6. The Morgan fingerprint density at radius 1 is 1.50 bits per heavy atom. The zero-order valence-corrected chi connectivity index (χ0v) is 14.7. The van der Waals surface area contributed by atoms with Gasteiger partial charge in [0.15, 0.2) is 5.17 Å². The fourth-order valence-corrected chi connectivity index (χ4v) is 2.67. The van der Waals surface area contributed by atoms with Crippen LogP contribution in [0.1, 0.15) is 32.4 Å². The molecule has 1 aliphatic rings. The normalized spacial score (nSPS) is 17.9. The summed E-state index contributed by atoms with van der Waals surface area (Å²) in [5, 5.41) is 4.64. The largest absolute Gasteiger partial charge is 0.444 e. The van der Waals surface area contributed by atoms with Gasteiger partial charge in [0.25, 0.3) is 0 Å². The first-order valence-electron chi connectivity index (χ1n) is 6.47. The molecule has 1 unspecified atom stereocenters. The van der Waals surface area contributed by atoms with Gasteiger partial charge in [-0.15, -0.1) is 0 Å². The number of alkyl carbamates (subject to hydrolysis) is 1. The molecule has 0 fully saturated rings. The number of pyridine rings is 1. The Hall–Kier alpha value is -1.41. The van der Waals surface area contributed by atoms with E-state index >= 15 is 0 Å². The van der Waals surface area contributed by atoms with E-state index < -0.39 is 23.7 Å². The predicted octanol–water partition coefficient (Wildman–Crippen LogP) is 4.17. The highest BCUT2D eigenvalue weighted by molar-refractivity contribution is 9.10. The van der Waals surface area contributed by atoms with Gasteiger partial charge in [-0.1, -0.05) is 11.8 Å². The van der Waals surface area contributed by atoms with Crippen LogP contribution in [0.4, 0.5) is 9.18 Å². The second-order valence-corrected chi connectivity index (χ2v) is 7.30. The average Bonchev–Trinajstić information content (AvgIpc) is 2.39. The molecular weight excluding hydrogens is 373 g/mol. The standard InChI is InChI=1S/C14H15BrFN3O2S/c1-14(2,3)21-13(20)19-12-18-10(4-5-22-12)9-6-8(15)7-17-11(9)16/h4-7,10H,1-3H3,(H,18,19,20). The van der Waals surface area contributed by atoms with E-state index in [0.29, 0.717) is 15.2 Å². The summed E-state index contributed by atoms with van der Waals surface area (Å²) in [5.41, 5.74) is -0.270. The van der Waals surface area contributed by atoms with Gasteiger partial charge in [0.1, 0.15) is 11.6 Å². The highest BCUT2D eigenvalue weighted by Gasteiger charge is 2.21. The van der Waals surface area contributed by atoms with Crippen LogP contribution in [0.15, 0.2) is 33.2 Å². The maximum atomic E-state index is 13.8. The minimum absolute atomic E-state index is 0.328. The van der Waals surface area contributed by atoms with E-state index in [-0.39, 0.29) is 0 Å². The molecule has 0 bridgehead atoms. The van der Waals surface area contributed by atoms with Crippen molar-refractivity contribution in [2.24, 2.45) is 4.99 Å². The lowest BCUT2D eigenvalue weighted by Crippen LogP contribution is -2.35. The average molecular weight is 388 g/mol. The highest BCUT2D eigenvalue weighted by atomic mass is 79.9. The summed E-state index contributed by atoms with van der Waals surface area (Å²) >= 11 is 4.48. The Balaban J connectivity index is 2.13. The number of hydrogen-bond acceptors (Lipinski definition) is 5. The van der Waals surface area contributed by atoms with Crippen LogP contribution >= 0.6 is 27.7 Å². The first-order valence-corrected chi connectivity index (χ1v) is 8.14. The van der Waals surface area contributed by atoms with Gasteiger partial charge < -0.3 is 4.74 Å². The molecule has 0 aliphatic carbocycles. The van der Waals surface area contributed by atoms with Crippen molar-refractivity contribution in [3.05, 3.63) is 39.7 Å². The van der Waals surface area contributed by atoms with E-state index in [1.54, 1.807) is 38.3 Å². The number of thioether (sulfide) groups is 1. The molecule has 0 saturated carbocycles. The van der Waals surface area contributed by atoms with E-state index in [2.05, 4.69) is 31.2 Å². The Kier molecular flexibility index (Phi) is 5.23. The van der Waals surface area contributed by atoms with Crippen molar-refractivity contribution in [3.63, 3.8) is 0 Å². The summed E-state index contributed by atoms with van der Waals surface area (Å²) in [7, 11) is 0. The summed E-state index contributed by atoms with van der Waals surface area (Å²) in [4.78, 5) is 19.7. The molecule has 1 atom stereocenters. The molecular formula is C14H15BrFN3O2S. The number of ether oxygens (including phenoxy) is 1. The zero-order valence-electron chi connectivity index (χ0n) is 12.3.